The van der Waals surface area contributed by atoms with Crippen LogP contribution in [0.25, 0.3) is 0 Å². The third-order valence-electron chi connectivity index (χ3n) is 3.86. The molecular weight excluding hydrogens is 320 g/mol. The number of cyclic esters (lactones) is 1. The minimum Gasteiger partial charge on any atom is -0.455 e. The fraction of sp³-hybridized carbons (Fsp3) is 0.917. The van der Waals surface area contributed by atoms with Crippen molar-refractivity contribution in [3.63, 3.8) is 0 Å². The van der Waals surface area contributed by atoms with E-state index in [9.17, 15) is 35.4 Å². The fourth-order valence-corrected chi connectivity index (χ4v) is 2.47. The predicted octanol–water partition coefficient (Wildman–Crippen LogP) is -5.19. The molecule has 134 valence electrons. The van der Waals surface area contributed by atoms with E-state index in [1.54, 1.807) is 0 Å². The molecule has 2 aliphatic heterocycles. The van der Waals surface area contributed by atoms with Crippen LogP contribution in [0.1, 0.15) is 0 Å². The zero-order chi connectivity index (χ0) is 17.3. The van der Waals surface area contributed by atoms with Gasteiger partial charge in [-0.15, -0.1) is 0 Å². The summed E-state index contributed by atoms with van der Waals surface area (Å²) in [5.74, 6) is -1.15. The molecule has 2 rings (SSSR count). The Morgan fingerprint density at radius 1 is 0.870 bits per heavy atom. The molecule has 0 aromatic rings. The van der Waals surface area contributed by atoms with Crippen molar-refractivity contribution in [2.45, 2.75) is 55.1 Å². The lowest BCUT2D eigenvalue weighted by Gasteiger charge is -2.43. The van der Waals surface area contributed by atoms with Crippen molar-refractivity contribution in [2.24, 2.45) is 0 Å². The van der Waals surface area contributed by atoms with Crippen LogP contribution in [0.3, 0.4) is 0 Å². The van der Waals surface area contributed by atoms with Gasteiger partial charge in [-0.25, -0.2) is 4.79 Å². The van der Waals surface area contributed by atoms with Crippen LogP contribution in [0.2, 0.25) is 0 Å². The summed E-state index contributed by atoms with van der Waals surface area (Å²) in [6.07, 6.45) is -14.4. The fourth-order valence-electron chi connectivity index (χ4n) is 2.47. The van der Waals surface area contributed by atoms with E-state index in [0.29, 0.717) is 0 Å². The van der Waals surface area contributed by atoms with E-state index >= 15 is 0 Å². The summed E-state index contributed by atoms with van der Waals surface area (Å²) in [7, 11) is 0. The third kappa shape index (κ3) is 3.47. The molecule has 7 unspecified atom stereocenters. The second-order valence-corrected chi connectivity index (χ2v) is 5.39. The molecule has 0 saturated carbocycles. The summed E-state index contributed by atoms with van der Waals surface area (Å²) in [6.45, 7) is -1.42. The lowest BCUT2D eigenvalue weighted by atomic mass is 9.97. The van der Waals surface area contributed by atoms with Crippen LogP contribution in [0, 0.1) is 0 Å². The van der Waals surface area contributed by atoms with Gasteiger partial charge in [0.15, 0.2) is 18.5 Å². The molecule has 11 heteroatoms. The number of aliphatic hydroxyl groups excluding tert-OH is 7. The molecule has 2 aliphatic rings. The summed E-state index contributed by atoms with van der Waals surface area (Å²) in [6, 6.07) is 0. The normalized spacial score (nSPS) is 48.1. The number of aliphatic hydroxyl groups is 7. The van der Waals surface area contributed by atoms with Gasteiger partial charge in [-0.3, -0.25) is 0 Å². The predicted molar refractivity (Wildman–Crippen MR) is 67.6 cm³/mol. The molecule has 0 aromatic heterocycles. The van der Waals surface area contributed by atoms with E-state index in [-0.39, 0.29) is 0 Å². The van der Waals surface area contributed by atoms with Gasteiger partial charge in [-0.05, 0) is 0 Å². The molecule has 7 N–H and O–H groups in total. The maximum absolute atomic E-state index is 11.3. The smallest absolute Gasteiger partial charge is 0.338 e. The Bertz CT molecular complexity index is 414. The summed E-state index contributed by atoms with van der Waals surface area (Å²) in [5, 5.41) is 66.8. The first kappa shape index (κ1) is 18.4. The minimum atomic E-state index is -1.92. The molecule has 0 aliphatic carbocycles. The molecule has 0 radical (unpaired) electrons. The molecule has 0 bridgehead atoms. The molecular formula is C12H20O11. The zero-order valence-electron chi connectivity index (χ0n) is 11.9. The van der Waals surface area contributed by atoms with Crippen molar-refractivity contribution >= 4 is 5.97 Å². The molecule has 0 spiro atoms. The van der Waals surface area contributed by atoms with Crippen LogP contribution in [0.5, 0.6) is 0 Å². The van der Waals surface area contributed by atoms with Crippen LogP contribution in [-0.4, -0.2) is 110 Å². The topological polar surface area (TPSA) is 186 Å². The van der Waals surface area contributed by atoms with Gasteiger partial charge in [0.05, 0.1) is 13.2 Å². The molecule has 2 fully saturated rings. The Balaban J connectivity index is 2.13. The number of carbonyl (C=O) groups excluding carboxylic acids is 1. The minimum absolute atomic E-state index is 0.681. The molecule has 2 heterocycles. The highest BCUT2D eigenvalue weighted by molar-refractivity contribution is 5.76. The molecule has 0 amide bonds. The molecule has 11 nitrogen and oxygen atoms in total. The van der Waals surface area contributed by atoms with E-state index in [4.69, 9.17) is 14.6 Å². The molecule has 0 aromatic carbocycles. The zero-order valence-corrected chi connectivity index (χ0v) is 11.9. The summed E-state index contributed by atoms with van der Waals surface area (Å²) < 4.78 is 15.0. The van der Waals surface area contributed by atoms with Gasteiger partial charge in [0.25, 0.3) is 0 Å². The number of rotatable bonds is 4. The van der Waals surface area contributed by atoms with Crippen LogP contribution < -0.4 is 0 Å². The number of hydrogen-bond acceptors (Lipinski definition) is 11. The van der Waals surface area contributed by atoms with Gasteiger partial charge in [0.2, 0.25) is 0 Å². The lowest BCUT2D eigenvalue weighted by molar-refractivity contribution is -0.331. The van der Waals surface area contributed by atoms with Gasteiger partial charge in [0.1, 0.15) is 36.6 Å². The van der Waals surface area contributed by atoms with E-state index in [1.807, 2.05) is 0 Å². The maximum Gasteiger partial charge on any atom is 0.338 e. The highest BCUT2D eigenvalue weighted by Gasteiger charge is 2.50. The second kappa shape index (κ2) is 7.34. The Hall–Kier alpha value is -0.890. The Kier molecular flexibility index (Phi) is 5.89. The van der Waals surface area contributed by atoms with Gasteiger partial charge in [-0.1, -0.05) is 0 Å². The van der Waals surface area contributed by atoms with Crippen molar-refractivity contribution in [1.82, 2.24) is 0 Å². The average molecular weight is 340 g/mol. The van der Waals surface area contributed by atoms with Crippen molar-refractivity contribution in [3.05, 3.63) is 0 Å². The monoisotopic (exact) mass is 340 g/mol. The van der Waals surface area contributed by atoms with E-state index < -0.39 is 74.3 Å². The van der Waals surface area contributed by atoms with E-state index in [1.165, 1.54) is 0 Å². The number of hydrogen-bond donors (Lipinski definition) is 7. The highest BCUT2D eigenvalue weighted by Crippen LogP contribution is 2.27. The quantitative estimate of drug-likeness (QED) is 0.242. The first-order chi connectivity index (χ1) is 10.8. The summed E-state index contributed by atoms with van der Waals surface area (Å²) in [5.41, 5.74) is 0. The van der Waals surface area contributed by atoms with Gasteiger partial charge in [0, 0.05) is 0 Å². The summed E-state index contributed by atoms with van der Waals surface area (Å²) in [4.78, 5) is 11.3. The van der Waals surface area contributed by atoms with Crippen LogP contribution in [0.4, 0.5) is 0 Å². The molecule has 9 atom stereocenters. The first-order valence-electron chi connectivity index (χ1n) is 6.95. The Morgan fingerprint density at radius 3 is 2.04 bits per heavy atom. The largest absolute Gasteiger partial charge is 0.455 e. The maximum atomic E-state index is 11.3. The SMILES string of the molecule is O=C1OC(CO)[C@H](O[C@@H]2OC(CO)C(O)C(O)C2O)C(O)C1O. The molecule has 2 saturated heterocycles. The van der Waals surface area contributed by atoms with E-state index in [2.05, 4.69) is 4.74 Å². The highest BCUT2D eigenvalue weighted by atomic mass is 16.7. The van der Waals surface area contributed by atoms with Gasteiger partial charge in [-0.2, -0.15) is 0 Å². The lowest BCUT2D eigenvalue weighted by Crippen LogP contribution is -2.63. The van der Waals surface area contributed by atoms with Gasteiger partial charge < -0.3 is 50.0 Å². The standard InChI is InChI=1S/C12H20O11/c13-1-3-5(15)6(16)9(19)12(22-3)23-10-4(2-14)21-11(20)8(18)7(10)17/h3-10,12-19H,1-2H2/t3?,4?,5?,6?,7?,8?,9?,10-,12-/m0/s1. The number of ether oxygens (including phenoxy) is 3. The molecule has 23 heavy (non-hydrogen) atoms. The summed E-state index contributed by atoms with van der Waals surface area (Å²) >= 11 is 0. The second-order valence-electron chi connectivity index (χ2n) is 5.39. The number of carbonyl (C=O) groups is 1. The Morgan fingerprint density at radius 2 is 1.48 bits per heavy atom. The number of esters is 1. The van der Waals surface area contributed by atoms with Crippen LogP contribution >= 0.6 is 0 Å². The Labute approximate surface area is 130 Å². The van der Waals surface area contributed by atoms with Gasteiger partial charge >= 0.3 is 5.97 Å². The van der Waals surface area contributed by atoms with Crippen molar-refractivity contribution < 1.29 is 54.8 Å². The van der Waals surface area contributed by atoms with Crippen LogP contribution in [-0.2, 0) is 19.0 Å². The third-order valence-corrected chi connectivity index (χ3v) is 3.86. The first-order valence-corrected chi connectivity index (χ1v) is 6.95. The average Bonchev–Trinajstić information content (AvgIpc) is 2.55. The van der Waals surface area contributed by atoms with Crippen molar-refractivity contribution in [3.8, 4) is 0 Å². The van der Waals surface area contributed by atoms with E-state index in [0.717, 1.165) is 0 Å². The van der Waals surface area contributed by atoms with Crippen molar-refractivity contribution in [1.29, 1.82) is 0 Å². The van der Waals surface area contributed by atoms with Crippen molar-refractivity contribution in [2.75, 3.05) is 13.2 Å². The van der Waals surface area contributed by atoms with Crippen LogP contribution in [0.15, 0.2) is 0 Å².